The number of likely N-dealkylation sites (tertiary alicyclic amines) is 1. The van der Waals surface area contributed by atoms with Gasteiger partial charge in [-0.05, 0) is 38.8 Å². The predicted octanol–water partition coefficient (Wildman–Crippen LogP) is 2.87. The van der Waals surface area contributed by atoms with E-state index in [1.807, 2.05) is 0 Å². The topological polar surface area (TPSA) is 66.7 Å². The van der Waals surface area contributed by atoms with E-state index in [2.05, 4.69) is 4.90 Å². The van der Waals surface area contributed by atoms with Crippen LogP contribution < -0.4 is 0 Å². The molecule has 2 aliphatic rings. The summed E-state index contributed by atoms with van der Waals surface area (Å²) in [5.41, 5.74) is 0.456. The second-order valence-electron chi connectivity index (χ2n) is 7.21. The predicted molar refractivity (Wildman–Crippen MR) is 95.8 cm³/mol. The molecule has 0 bridgehead atoms. The standard InChI is InChI=1S/C19H27N3O3/c1-20(16-11-5-6-12-17(16)21-13-7-8-14-21)19(23)18(22(24)25)15-9-3-2-4-10-15/h2-4,9-10,16-18H,5-8,11-14H2,1H3. The lowest BCUT2D eigenvalue weighted by molar-refractivity contribution is -0.515. The van der Waals surface area contributed by atoms with Gasteiger partial charge in [0.15, 0.2) is 0 Å². The van der Waals surface area contributed by atoms with Crippen LogP contribution in [0.5, 0.6) is 0 Å². The van der Waals surface area contributed by atoms with Crippen LogP contribution >= 0.6 is 0 Å². The summed E-state index contributed by atoms with van der Waals surface area (Å²) in [6, 6.07) is 7.72. The van der Waals surface area contributed by atoms with Gasteiger partial charge in [-0.3, -0.25) is 19.8 Å². The summed E-state index contributed by atoms with van der Waals surface area (Å²) in [7, 11) is 1.75. The van der Waals surface area contributed by atoms with Gasteiger partial charge in [0.25, 0.3) is 0 Å². The average molecular weight is 345 g/mol. The molecule has 25 heavy (non-hydrogen) atoms. The first-order valence-electron chi connectivity index (χ1n) is 9.29. The minimum Gasteiger partial charge on any atom is -0.335 e. The van der Waals surface area contributed by atoms with Crippen LogP contribution in [0.3, 0.4) is 0 Å². The first-order valence-corrected chi connectivity index (χ1v) is 9.29. The molecule has 1 aromatic rings. The molecule has 1 saturated carbocycles. The van der Waals surface area contributed by atoms with Crippen LogP contribution in [0, 0.1) is 10.1 Å². The van der Waals surface area contributed by atoms with Crippen LogP contribution in [-0.4, -0.2) is 52.9 Å². The van der Waals surface area contributed by atoms with Gasteiger partial charge in [-0.15, -0.1) is 0 Å². The Kier molecular flexibility index (Phi) is 5.68. The Bertz CT molecular complexity index is 601. The van der Waals surface area contributed by atoms with Crippen molar-refractivity contribution in [3.63, 3.8) is 0 Å². The number of hydrogen-bond acceptors (Lipinski definition) is 4. The van der Waals surface area contributed by atoms with Crippen molar-refractivity contribution < 1.29 is 9.72 Å². The smallest absolute Gasteiger partial charge is 0.314 e. The summed E-state index contributed by atoms with van der Waals surface area (Å²) >= 11 is 0. The number of carbonyl (C=O) groups excluding carboxylic acids is 1. The highest BCUT2D eigenvalue weighted by atomic mass is 16.6. The van der Waals surface area contributed by atoms with Gasteiger partial charge in [0.05, 0.1) is 0 Å². The summed E-state index contributed by atoms with van der Waals surface area (Å²) in [5, 5.41) is 11.6. The zero-order valence-corrected chi connectivity index (χ0v) is 14.8. The zero-order valence-electron chi connectivity index (χ0n) is 14.8. The fourth-order valence-electron chi connectivity index (χ4n) is 4.39. The van der Waals surface area contributed by atoms with Gasteiger partial charge in [0.2, 0.25) is 0 Å². The fourth-order valence-corrected chi connectivity index (χ4v) is 4.39. The van der Waals surface area contributed by atoms with Crippen LogP contribution in [0.15, 0.2) is 30.3 Å². The number of rotatable bonds is 5. The Morgan fingerprint density at radius 3 is 2.44 bits per heavy atom. The molecule has 1 amide bonds. The zero-order chi connectivity index (χ0) is 17.8. The van der Waals surface area contributed by atoms with Crippen LogP contribution in [0.25, 0.3) is 0 Å². The Labute approximate surface area is 148 Å². The lowest BCUT2D eigenvalue weighted by Crippen LogP contribution is -2.54. The quantitative estimate of drug-likeness (QED) is 0.608. The highest BCUT2D eigenvalue weighted by molar-refractivity contribution is 5.82. The van der Waals surface area contributed by atoms with Gasteiger partial charge < -0.3 is 4.90 Å². The normalized spacial score (nSPS) is 25.5. The Morgan fingerprint density at radius 2 is 1.80 bits per heavy atom. The first kappa shape index (κ1) is 17.9. The number of nitro groups is 1. The third kappa shape index (κ3) is 3.84. The molecular weight excluding hydrogens is 318 g/mol. The SMILES string of the molecule is CN(C(=O)C(c1ccccc1)[N+](=O)[O-])C1CCCCC1N1CCCC1. The minimum absolute atomic E-state index is 0.0745. The van der Waals surface area contributed by atoms with Crippen molar-refractivity contribution in [1.82, 2.24) is 9.80 Å². The van der Waals surface area contributed by atoms with E-state index in [0.717, 1.165) is 32.4 Å². The summed E-state index contributed by atoms with van der Waals surface area (Å²) in [6.07, 6.45) is 6.70. The fraction of sp³-hybridized carbons (Fsp3) is 0.632. The van der Waals surface area contributed by atoms with Crippen molar-refractivity contribution in [3.8, 4) is 0 Å². The second kappa shape index (κ2) is 7.95. The summed E-state index contributed by atoms with van der Waals surface area (Å²) in [4.78, 5) is 28.3. The summed E-state index contributed by atoms with van der Waals surface area (Å²) < 4.78 is 0. The molecule has 6 heteroatoms. The second-order valence-corrected chi connectivity index (χ2v) is 7.21. The van der Waals surface area contributed by atoms with E-state index in [9.17, 15) is 14.9 Å². The van der Waals surface area contributed by atoms with Crippen molar-refractivity contribution in [1.29, 1.82) is 0 Å². The Morgan fingerprint density at radius 1 is 1.16 bits per heavy atom. The molecule has 0 radical (unpaired) electrons. The third-order valence-electron chi connectivity index (χ3n) is 5.71. The van der Waals surface area contributed by atoms with E-state index in [1.54, 1.807) is 42.3 Å². The van der Waals surface area contributed by atoms with Crippen LogP contribution in [0.1, 0.15) is 50.1 Å². The van der Waals surface area contributed by atoms with Gasteiger partial charge in [-0.2, -0.15) is 0 Å². The van der Waals surface area contributed by atoms with Crippen molar-refractivity contribution in [2.75, 3.05) is 20.1 Å². The van der Waals surface area contributed by atoms with E-state index < -0.39 is 16.9 Å². The maximum Gasteiger partial charge on any atom is 0.314 e. The molecule has 3 unspecified atom stereocenters. The van der Waals surface area contributed by atoms with Crippen molar-refractivity contribution >= 4 is 5.91 Å². The molecule has 6 nitrogen and oxygen atoms in total. The van der Waals surface area contributed by atoms with Crippen LogP contribution in [0.4, 0.5) is 0 Å². The van der Waals surface area contributed by atoms with Gasteiger partial charge >= 0.3 is 11.9 Å². The molecule has 3 atom stereocenters. The van der Waals surface area contributed by atoms with E-state index in [1.165, 1.54) is 19.3 Å². The van der Waals surface area contributed by atoms with Crippen LogP contribution in [-0.2, 0) is 4.79 Å². The molecule has 0 aromatic heterocycles. The van der Waals surface area contributed by atoms with E-state index >= 15 is 0 Å². The molecule has 3 rings (SSSR count). The van der Waals surface area contributed by atoms with Crippen molar-refractivity contribution in [2.24, 2.45) is 0 Å². The third-order valence-corrected chi connectivity index (χ3v) is 5.71. The van der Waals surface area contributed by atoms with Crippen LogP contribution in [0.2, 0.25) is 0 Å². The maximum absolute atomic E-state index is 13.0. The number of nitrogens with zero attached hydrogens (tertiary/aromatic N) is 3. The molecule has 1 aromatic carbocycles. The molecule has 0 spiro atoms. The summed E-state index contributed by atoms with van der Waals surface area (Å²) in [6.45, 7) is 2.17. The van der Waals surface area contributed by atoms with Crippen molar-refractivity contribution in [3.05, 3.63) is 46.0 Å². The highest BCUT2D eigenvalue weighted by Crippen LogP contribution is 2.31. The van der Waals surface area contributed by atoms with Gasteiger partial charge in [0, 0.05) is 29.6 Å². The number of benzene rings is 1. The molecule has 0 N–H and O–H groups in total. The first-order chi connectivity index (χ1) is 12.1. The average Bonchev–Trinajstić information content (AvgIpc) is 3.16. The van der Waals surface area contributed by atoms with Gasteiger partial charge in [-0.25, -0.2) is 0 Å². The molecule has 1 aliphatic carbocycles. The number of likely N-dealkylation sites (N-methyl/N-ethyl adjacent to an activating group) is 1. The largest absolute Gasteiger partial charge is 0.335 e. The molecule has 1 heterocycles. The van der Waals surface area contributed by atoms with E-state index in [4.69, 9.17) is 0 Å². The number of hydrogen-bond donors (Lipinski definition) is 0. The van der Waals surface area contributed by atoms with Gasteiger partial charge in [-0.1, -0.05) is 43.2 Å². The lowest BCUT2D eigenvalue weighted by atomic mass is 9.87. The molecule has 1 aliphatic heterocycles. The molecule has 1 saturated heterocycles. The Balaban J connectivity index is 1.80. The highest BCUT2D eigenvalue weighted by Gasteiger charge is 2.41. The van der Waals surface area contributed by atoms with E-state index in [-0.39, 0.29) is 6.04 Å². The molecular formula is C19H27N3O3. The minimum atomic E-state index is -1.31. The van der Waals surface area contributed by atoms with Crippen molar-refractivity contribution in [2.45, 2.75) is 56.7 Å². The summed E-state index contributed by atoms with van der Waals surface area (Å²) in [5.74, 6) is -0.396. The number of amides is 1. The molecule has 2 fully saturated rings. The monoisotopic (exact) mass is 345 g/mol. The Hall–Kier alpha value is -1.95. The number of carbonyl (C=O) groups is 1. The maximum atomic E-state index is 13.0. The lowest BCUT2D eigenvalue weighted by Gasteiger charge is -2.42. The molecule has 136 valence electrons. The van der Waals surface area contributed by atoms with E-state index in [0.29, 0.717) is 11.6 Å². The van der Waals surface area contributed by atoms with Gasteiger partial charge in [0.1, 0.15) is 0 Å².